The fourth-order valence-electron chi connectivity index (χ4n) is 7.17. The molecule has 0 atom stereocenters. The predicted molar refractivity (Wildman–Crippen MR) is 155 cm³/mol. The minimum Gasteiger partial charge on any atom is -0.456 e. The first-order valence-electron chi connectivity index (χ1n) is 12.6. The van der Waals surface area contributed by atoms with Crippen LogP contribution in [0.4, 0.5) is 0 Å². The Labute approximate surface area is 222 Å². The first kappa shape index (κ1) is 20.0. The van der Waals surface area contributed by atoms with Crippen LogP contribution in [0.25, 0.3) is 55.0 Å². The number of halogens is 1. The molecule has 1 nitrogen and oxygen atoms in total. The van der Waals surface area contributed by atoms with Crippen LogP contribution in [0.5, 0.6) is 0 Å². The number of rotatable bonds is 0. The van der Waals surface area contributed by atoms with E-state index in [2.05, 4.69) is 131 Å². The van der Waals surface area contributed by atoms with Gasteiger partial charge in [0.05, 0.1) is 5.41 Å². The molecule has 0 saturated heterocycles. The molecule has 2 aliphatic rings. The third kappa shape index (κ3) is 2.31. The van der Waals surface area contributed by atoms with Crippen LogP contribution in [0.2, 0.25) is 0 Å². The molecule has 1 aromatic heterocycles. The molecular formula is C35H19BrO. The van der Waals surface area contributed by atoms with Crippen LogP contribution in [0.3, 0.4) is 0 Å². The van der Waals surface area contributed by atoms with E-state index in [0.717, 1.165) is 26.4 Å². The molecule has 0 radical (unpaired) electrons. The quantitative estimate of drug-likeness (QED) is 0.188. The lowest BCUT2D eigenvalue weighted by Crippen LogP contribution is -2.31. The van der Waals surface area contributed by atoms with E-state index in [1.54, 1.807) is 0 Å². The second-order valence-electron chi connectivity index (χ2n) is 10.2. The summed E-state index contributed by atoms with van der Waals surface area (Å²) in [6.45, 7) is 0. The Kier molecular flexibility index (Phi) is 3.66. The summed E-state index contributed by atoms with van der Waals surface area (Å²) in [7, 11) is 0. The van der Waals surface area contributed by atoms with Crippen molar-refractivity contribution in [3.05, 3.63) is 142 Å². The SMILES string of the molecule is Brc1ccc2c(c1)oc1cc3c(cc12)C1(c2ccccc2-c2ccccc21)c1cccc2cccc-3c12. The van der Waals surface area contributed by atoms with Gasteiger partial charge in [0.15, 0.2) is 0 Å². The van der Waals surface area contributed by atoms with Gasteiger partial charge in [-0.25, -0.2) is 0 Å². The van der Waals surface area contributed by atoms with Crippen molar-refractivity contribution in [3.8, 4) is 22.3 Å². The van der Waals surface area contributed by atoms with Crippen molar-refractivity contribution < 1.29 is 4.42 Å². The molecule has 0 amide bonds. The number of benzene rings is 6. The third-order valence-electron chi connectivity index (χ3n) is 8.53. The van der Waals surface area contributed by atoms with Gasteiger partial charge in [-0.3, -0.25) is 0 Å². The normalized spacial score (nSPS) is 14.3. The maximum absolute atomic E-state index is 6.44. The van der Waals surface area contributed by atoms with Gasteiger partial charge < -0.3 is 4.42 Å². The van der Waals surface area contributed by atoms with Crippen LogP contribution in [0.15, 0.2) is 124 Å². The van der Waals surface area contributed by atoms with E-state index in [9.17, 15) is 0 Å². The number of furan rings is 1. The maximum atomic E-state index is 6.44. The van der Waals surface area contributed by atoms with Crippen molar-refractivity contribution >= 4 is 48.6 Å². The molecule has 1 spiro atoms. The average Bonchev–Trinajstić information content (AvgIpc) is 3.44. The van der Waals surface area contributed by atoms with Crippen molar-refractivity contribution in [3.63, 3.8) is 0 Å². The number of hydrogen-bond acceptors (Lipinski definition) is 1. The van der Waals surface area contributed by atoms with Crippen molar-refractivity contribution in [1.82, 2.24) is 0 Å². The van der Waals surface area contributed by atoms with Crippen LogP contribution in [-0.4, -0.2) is 0 Å². The van der Waals surface area contributed by atoms with E-state index in [0.29, 0.717) is 0 Å². The second kappa shape index (κ2) is 6.79. The largest absolute Gasteiger partial charge is 0.456 e. The molecule has 0 saturated carbocycles. The number of fused-ring (bicyclic) bond motifs is 12. The third-order valence-corrected chi connectivity index (χ3v) is 9.02. The summed E-state index contributed by atoms with van der Waals surface area (Å²) in [5.74, 6) is 0. The fraction of sp³-hybridized carbons (Fsp3) is 0.0286. The monoisotopic (exact) mass is 534 g/mol. The Hall–Kier alpha value is -4.14. The molecule has 37 heavy (non-hydrogen) atoms. The second-order valence-corrected chi connectivity index (χ2v) is 11.1. The zero-order valence-corrected chi connectivity index (χ0v) is 21.3. The molecule has 172 valence electrons. The highest BCUT2D eigenvalue weighted by Gasteiger charge is 2.50. The van der Waals surface area contributed by atoms with Gasteiger partial charge in [0.25, 0.3) is 0 Å². The van der Waals surface area contributed by atoms with Gasteiger partial charge in [0.2, 0.25) is 0 Å². The Morgan fingerprint density at radius 2 is 1.14 bits per heavy atom. The summed E-state index contributed by atoms with van der Waals surface area (Å²) in [4.78, 5) is 0. The predicted octanol–water partition coefficient (Wildman–Crippen LogP) is 9.85. The zero-order valence-electron chi connectivity index (χ0n) is 19.8. The van der Waals surface area contributed by atoms with Gasteiger partial charge in [-0.15, -0.1) is 0 Å². The minimum absolute atomic E-state index is 0.399. The van der Waals surface area contributed by atoms with E-state index in [1.165, 1.54) is 55.3 Å². The molecule has 9 rings (SSSR count). The zero-order chi connectivity index (χ0) is 24.3. The summed E-state index contributed by atoms with van der Waals surface area (Å²) in [6, 6.07) is 42.5. The topological polar surface area (TPSA) is 13.1 Å². The highest BCUT2D eigenvalue weighted by atomic mass is 79.9. The summed E-state index contributed by atoms with van der Waals surface area (Å²) in [5, 5.41) is 4.92. The summed E-state index contributed by atoms with van der Waals surface area (Å²) in [5.41, 5.74) is 12.0. The van der Waals surface area contributed by atoms with Crippen molar-refractivity contribution in [1.29, 1.82) is 0 Å². The van der Waals surface area contributed by atoms with Gasteiger partial charge in [0, 0.05) is 15.2 Å². The maximum Gasteiger partial charge on any atom is 0.136 e. The lowest BCUT2D eigenvalue weighted by molar-refractivity contribution is 0.668. The molecule has 0 bridgehead atoms. The van der Waals surface area contributed by atoms with Crippen LogP contribution in [-0.2, 0) is 5.41 Å². The van der Waals surface area contributed by atoms with E-state index in [4.69, 9.17) is 4.42 Å². The molecule has 2 heteroatoms. The Morgan fingerprint density at radius 1 is 0.486 bits per heavy atom. The summed E-state index contributed by atoms with van der Waals surface area (Å²) >= 11 is 3.62. The minimum atomic E-state index is -0.399. The molecule has 0 unspecified atom stereocenters. The van der Waals surface area contributed by atoms with Crippen molar-refractivity contribution in [2.75, 3.05) is 0 Å². The smallest absolute Gasteiger partial charge is 0.136 e. The summed E-state index contributed by atoms with van der Waals surface area (Å²) in [6.07, 6.45) is 0. The standard InChI is InChI=1S/C35H19BrO/c36-21-15-16-24-27-18-31-26(19-33(27)37-32(24)17-21)25-11-5-7-20-8-6-14-30(34(20)25)35(31)28-12-3-1-9-22(28)23-10-2-4-13-29(23)35/h1-19H. The van der Waals surface area contributed by atoms with Gasteiger partial charge in [-0.05, 0) is 85.6 Å². The molecule has 0 fully saturated rings. The molecule has 7 aromatic rings. The molecular weight excluding hydrogens is 516 g/mol. The lowest BCUT2D eigenvalue weighted by atomic mass is 9.61. The van der Waals surface area contributed by atoms with Crippen LogP contribution in [0.1, 0.15) is 22.3 Å². The Balaban J connectivity index is 1.56. The van der Waals surface area contributed by atoms with E-state index in [-0.39, 0.29) is 0 Å². The lowest BCUT2D eigenvalue weighted by Gasteiger charge is -2.40. The van der Waals surface area contributed by atoms with Crippen LogP contribution < -0.4 is 0 Å². The number of hydrogen-bond donors (Lipinski definition) is 0. The van der Waals surface area contributed by atoms with Gasteiger partial charge in [-0.2, -0.15) is 0 Å². The van der Waals surface area contributed by atoms with E-state index < -0.39 is 5.41 Å². The van der Waals surface area contributed by atoms with E-state index >= 15 is 0 Å². The molecule has 0 N–H and O–H groups in total. The molecule has 1 heterocycles. The van der Waals surface area contributed by atoms with Crippen LogP contribution in [0, 0.1) is 0 Å². The fourth-order valence-corrected chi connectivity index (χ4v) is 7.51. The van der Waals surface area contributed by atoms with Gasteiger partial charge >= 0.3 is 0 Å². The van der Waals surface area contributed by atoms with Crippen molar-refractivity contribution in [2.24, 2.45) is 0 Å². The van der Waals surface area contributed by atoms with E-state index in [1.807, 2.05) is 0 Å². The molecule has 6 aromatic carbocycles. The molecule has 2 aliphatic carbocycles. The summed E-state index contributed by atoms with van der Waals surface area (Å²) < 4.78 is 7.47. The first-order valence-corrected chi connectivity index (χ1v) is 13.4. The Morgan fingerprint density at radius 3 is 1.92 bits per heavy atom. The van der Waals surface area contributed by atoms with Gasteiger partial charge in [-0.1, -0.05) is 101 Å². The average molecular weight is 535 g/mol. The molecule has 0 aliphatic heterocycles. The highest BCUT2D eigenvalue weighted by Crippen LogP contribution is 2.62. The Bertz CT molecular complexity index is 2060. The highest BCUT2D eigenvalue weighted by molar-refractivity contribution is 9.10. The van der Waals surface area contributed by atoms with Crippen LogP contribution >= 0.6 is 15.9 Å². The first-order chi connectivity index (χ1) is 18.2. The van der Waals surface area contributed by atoms with Gasteiger partial charge in [0.1, 0.15) is 11.2 Å². The van der Waals surface area contributed by atoms with Crippen molar-refractivity contribution in [2.45, 2.75) is 5.41 Å².